The van der Waals surface area contributed by atoms with Crippen LogP contribution in [-0.2, 0) is 6.54 Å². The molecule has 0 bridgehead atoms. The molecule has 2 aromatic carbocycles. The van der Waals surface area contributed by atoms with E-state index in [1.807, 2.05) is 0 Å². The van der Waals surface area contributed by atoms with E-state index in [-0.39, 0.29) is 22.0 Å². The zero-order valence-electron chi connectivity index (χ0n) is 10.8. The van der Waals surface area contributed by atoms with E-state index in [2.05, 4.69) is 15.9 Å². The van der Waals surface area contributed by atoms with E-state index in [0.717, 1.165) is 0 Å². The zero-order valence-corrected chi connectivity index (χ0v) is 12.4. The quantitative estimate of drug-likeness (QED) is 0.638. The van der Waals surface area contributed by atoms with Gasteiger partial charge in [-0.2, -0.15) is 0 Å². The summed E-state index contributed by atoms with van der Waals surface area (Å²) in [5.74, 6) is -1.24. The van der Waals surface area contributed by atoms with Crippen LogP contribution in [0, 0.1) is 11.6 Å². The van der Waals surface area contributed by atoms with Crippen molar-refractivity contribution in [1.29, 1.82) is 0 Å². The van der Waals surface area contributed by atoms with Gasteiger partial charge in [-0.05, 0) is 40.2 Å². The number of aromatic nitrogens is 1. The first-order valence-corrected chi connectivity index (χ1v) is 7.08. The molecule has 5 heteroatoms. The molecule has 2 nitrogen and oxygen atoms in total. The Balaban J connectivity index is 2.18. The van der Waals surface area contributed by atoms with Crippen molar-refractivity contribution in [3.8, 4) is 0 Å². The van der Waals surface area contributed by atoms with E-state index in [4.69, 9.17) is 0 Å². The third-order valence-electron chi connectivity index (χ3n) is 3.35. The first-order chi connectivity index (χ1) is 10.1. The largest absolute Gasteiger partial charge is 0.343 e. The third-order valence-corrected chi connectivity index (χ3v) is 3.96. The summed E-state index contributed by atoms with van der Waals surface area (Å²) >= 11 is 3.05. The maximum absolute atomic E-state index is 14.1. The highest BCUT2D eigenvalue weighted by atomic mass is 79.9. The Kier molecular flexibility index (Phi) is 3.59. The summed E-state index contributed by atoms with van der Waals surface area (Å²) in [6, 6.07) is 10.9. The van der Waals surface area contributed by atoms with Gasteiger partial charge >= 0.3 is 0 Å². The van der Waals surface area contributed by atoms with Crippen molar-refractivity contribution in [3.63, 3.8) is 0 Å². The Morgan fingerprint density at radius 3 is 2.62 bits per heavy atom. The van der Waals surface area contributed by atoms with Crippen molar-refractivity contribution in [1.82, 2.24) is 4.57 Å². The van der Waals surface area contributed by atoms with Gasteiger partial charge in [0.25, 0.3) is 0 Å². The van der Waals surface area contributed by atoms with E-state index < -0.39 is 11.6 Å². The minimum atomic E-state index is -0.627. The molecule has 0 saturated heterocycles. The fraction of sp³-hybridized carbons (Fsp3) is 0.0625. The minimum Gasteiger partial charge on any atom is -0.343 e. The lowest BCUT2D eigenvalue weighted by Gasteiger charge is -2.12. The molecule has 1 heterocycles. The normalized spacial score (nSPS) is 11.0. The molecule has 0 aliphatic carbocycles. The summed E-state index contributed by atoms with van der Waals surface area (Å²) in [6.07, 6.45) is 1.55. The highest BCUT2D eigenvalue weighted by Gasteiger charge is 2.13. The second kappa shape index (κ2) is 5.41. The molecular weight excluding hydrogens is 340 g/mol. The van der Waals surface area contributed by atoms with Gasteiger partial charge < -0.3 is 4.57 Å². The van der Waals surface area contributed by atoms with Crippen LogP contribution in [0.15, 0.2) is 57.9 Å². The first kappa shape index (κ1) is 13.9. The molecule has 1 aromatic heterocycles. The Labute approximate surface area is 127 Å². The van der Waals surface area contributed by atoms with Gasteiger partial charge in [0.1, 0.15) is 11.6 Å². The predicted octanol–water partition coefficient (Wildman–Crippen LogP) is 4.09. The van der Waals surface area contributed by atoms with E-state index >= 15 is 0 Å². The van der Waals surface area contributed by atoms with Gasteiger partial charge in [0.05, 0.1) is 16.5 Å². The Morgan fingerprint density at radius 1 is 1.05 bits per heavy atom. The number of pyridine rings is 1. The van der Waals surface area contributed by atoms with Crippen LogP contribution in [0.2, 0.25) is 0 Å². The van der Waals surface area contributed by atoms with Crippen LogP contribution in [0.5, 0.6) is 0 Å². The molecule has 0 saturated carbocycles. The molecule has 0 fully saturated rings. The highest BCUT2D eigenvalue weighted by Crippen LogP contribution is 2.23. The van der Waals surface area contributed by atoms with Crippen LogP contribution < -0.4 is 5.43 Å². The van der Waals surface area contributed by atoms with Gasteiger partial charge in [-0.25, -0.2) is 8.78 Å². The van der Waals surface area contributed by atoms with E-state index in [9.17, 15) is 13.6 Å². The fourth-order valence-corrected chi connectivity index (χ4v) is 2.65. The number of hydrogen-bond acceptors (Lipinski definition) is 1. The van der Waals surface area contributed by atoms with Crippen LogP contribution in [-0.4, -0.2) is 4.57 Å². The number of fused-ring (bicyclic) bond motifs is 1. The molecule has 3 aromatic rings. The molecule has 0 aliphatic rings. The molecule has 0 unspecified atom stereocenters. The fourth-order valence-electron chi connectivity index (χ4n) is 2.28. The number of nitrogens with zero attached hydrogens (tertiary/aromatic N) is 1. The minimum absolute atomic E-state index is 0.0118. The third kappa shape index (κ3) is 2.49. The standard InChI is InChI=1S/C16H10BrF2NO/c17-12-5-6-13(18)11(16(12)19)9-20-8-7-15(21)10-3-1-2-4-14(10)20/h1-8H,9H2. The number of hydrogen-bond donors (Lipinski definition) is 0. The topological polar surface area (TPSA) is 22.0 Å². The highest BCUT2D eigenvalue weighted by molar-refractivity contribution is 9.10. The van der Waals surface area contributed by atoms with E-state index in [0.29, 0.717) is 10.9 Å². The summed E-state index contributed by atoms with van der Waals surface area (Å²) in [4.78, 5) is 11.8. The van der Waals surface area contributed by atoms with Crippen molar-refractivity contribution < 1.29 is 8.78 Å². The van der Waals surface area contributed by atoms with E-state index in [1.54, 1.807) is 35.0 Å². The van der Waals surface area contributed by atoms with Crippen LogP contribution >= 0.6 is 15.9 Å². The lowest BCUT2D eigenvalue weighted by molar-refractivity contribution is 0.542. The van der Waals surface area contributed by atoms with Gasteiger partial charge in [0.15, 0.2) is 5.43 Å². The van der Waals surface area contributed by atoms with Gasteiger partial charge in [-0.1, -0.05) is 12.1 Å². The lowest BCUT2D eigenvalue weighted by Crippen LogP contribution is -2.10. The van der Waals surface area contributed by atoms with Crippen molar-refractivity contribution in [3.05, 3.63) is 80.6 Å². The molecule has 0 N–H and O–H groups in total. The number of benzene rings is 2. The van der Waals surface area contributed by atoms with Gasteiger partial charge in [0, 0.05) is 23.2 Å². The van der Waals surface area contributed by atoms with Crippen molar-refractivity contribution in [2.24, 2.45) is 0 Å². The number of halogens is 3. The Hall–Kier alpha value is -2.01. The van der Waals surface area contributed by atoms with Gasteiger partial charge in [0.2, 0.25) is 0 Å². The maximum Gasteiger partial charge on any atom is 0.189 e. The molecule has 0 spiro atoms. The van der Waals surface area contributed by atoms with Crippen molar-refractivity contribution in [2.45, 2.75) is 6.54 Å². The summed E-state index contributed by atoms with van der Waals surface area (Å²) in [7, 11) is 0. The van der Waals surface area contributed by atoms with Crippen molar-refractivity contribution in [2.75, 3.05) is 0 Å². The molecule has 0 radical (unpaired) electrons. The monoisotopic (exact) mass is 349 g/mol. The molecule has 0 aliphatic heterocycles. The van der Waals surface area contributed by atoms with Crippen LogP contribution in [0.1, 0.15) is 5.56 Å². The summed E-state index contributed by atoms with van der Waals surface area (Å²) in [5.41, 5.74) is 0.485. The lowest BCUT2D eigenvalue weighted by atomic mass is 10.1. The molecule has 106 valence electrons. The Morgan fingerprint density at radius 2 is 1.81 bits per heavy atom. The second-order valence-electron chi connectivity index (χ2n) is 4.65. The second-order valence-corrected chi connectivity index (χ2v) is 5.50. The summed E-state index contributed by atoms with van der Waals surface area (Å²) in [6.45, 7) is 0.0118. The van der Waals surface area contributed by atoms with Crippen LogP contribution in [0.3, 0.4) is 0 Å². The molecular formula is C16H10BrF2NO. The number of rotatable bonds is 2. The number of para-hydroxylation sites is 1. The summed E-state index contributed by atoms with van der Waals surface area (Å²) < 4.78 is 29.8. The smallest absolute Gasteiger partial charge is 0.189 e. The average molecular weight is 350 g/mol. The first-order valence-electron chi connectivity index (χ1n) is 6.28. The Bertz CT molecular complexity index is 889. The SMILES string of the molecule is O=c1ccn(Cc2c(F)ccc(Br)c2F)c2ccccc12. The van der Waals surface area contributed by atoms with Crippen molar-refractivity contribution >= 4 is 26.8 Å². The molecule has 3 rings (SSSR count). The van der Waals surface area contributed by atoms with Gasteiger partial charge in [-0.15, -0.1) is 0 Å². The van der Waals surface area contributed by atoms with Gasteiger partial charge in [-0.3, -0.25) is 4.79 Å². The van der Waals surface area contributed by atoms with Crippen LogP contribution in [0.25, 0.3) is 10.9 Å². The summed E-state index contributed by atoms with van der Waals surface area (Å²) in [5, 5.41) is 0.524. The molecule has 0 amide bonds. The van der Waals surface area contributed by atoms with E-state index in [1.165, 1.54) is 18.2 Å². The maximum atomic E-state index is 14.1. The predicted molar refractivity (Wildman–Crippen MR) is 81.4 cm³/mol. The average Bonchev–Trinajstić information content (AvgIpc) is 2.50. The zero-order chi connectivity index (χ0) is 15.0. The molecule has 0 atom stereocenters. The van der Waals surface area contributed by atoms with Crippen LogP contribution in [0.4, 0.5) is 8.78 Å². The molecule has 21 heavy (non-hydrogen) atoms.